The Balaban J connectivity index is 2.56. The topological polar surface area (TPSA) is 113 Å². The molecule has 120 valence electrons. The highest BCUT2D eigenvalue weighted by Gasteiger charge is 2.28. The summed E-state index contributed by atoms with van der Waals surface area (Å²) in [7, 11) is 0. The molecular weight excluding hydrogens is 294 g/mol. The van der Waals surface area contributed by atoms with Crippen molar-refractivity contribution < 1.29 is 19.5 Å². The smallest absolute Gasteiger partial charge is 0.326 e. The summed E-state index contributed by atoms with van der Waals surface area (Å²) in [6.45, 7) is 5.44. The van der Waals surface area contributed by atoms with Gasteiger partial charge in [-0.3, -0.25) is 4.79 Å². The zero-order chi connectivity index (χ0) is 16.0. The molecule has 0 radical (unpaired) electrons. The lowest BCUT2D eigenvalue weighted by atomic mass is 10.1. The Morgan fingerprint density at radius 2 is 2.05 bits per heavy atom. The molecule has 1 atom stereocenters. The van der Waals surface area contributed by atoms with Gasteiger partial charge < -0.3 is 21.1 Å². The minimum absolute atomic E-state index is 0.00445. The first-order chi connectivity index (χ1) is 9.71. The van der Waals surface area contributed by atoms with Crippen molar-refractivity contribution in [3.63, 3.8) is 0 Å². The number of carbonyl (C=O) groups is 3. The Morgan fingerprint density at radius 1 is 1.38 bits per heavy atom. The molecule has 0 aromatic carbocycles. The van der Waals surface area contributed by atoms with Gasteiger partial charge in [0.25, 0.3) is 0 Å². The number of aliphatic carboxylic acids is 1. The van der Waals surface area contributed by atoms with Crippen LogP contribution in [0.25, 0.3) is 0 Å². The van der Waals surface area contributed by atoms with E-state index in [-0.39, 0.29) is 17.6 Å². The first-order valence-electron chi connectivity index (χ1n) is 6.92. The summed E-state index contributed by atoms with van der Waals surface area (Å²) in [5.41, 5.74) is 5.01. The number of amides is 3. The van der Waals surface area contributed by atoms with Gasteiger partial charge in [0.1, 0.15) is 6.04 Å². The van der Waals surface area contributed by atoms with E-state index in [4.69, 9.17) is 10.8 Å². The van der Waals surface area contributed by atoms with Crippen LogP contribution in [0.5, 0.6) is 0 Å². The number of nitrogens with zero attached hydrogens (tertiary/aromatic N) is 1. The normalized spacial score (nSPS) is 19.4. The van der Waals surface area contributed by atoms with Gasteiger partial charge in [0.15, 0.2) is 0 Å². The highest BCUT2D eigenvalue weighted by molar-refractivity contribution is 8.00. The van der Waals surface area contributed by atoms with Crippen molar-refractivity contribution in [2.75, 3.05) is 18.8 Å². The Morgan fingerprint density at radius 3 is 2.62 bits per heavy atom. The molecule has 8 heteroatoms. The van der Waals surface area contributed by atoms with Gasteiger partial charge >= 0.3 is 12.0 Å². The maximum atomic E-state index is 12.1. The number of carbonyl (C=O) groups excluding carboxylic acids is 2. The SMILES string of the molecule is CC1(C)CCN(C(=O)N[C@@H](CCC(N)=O)C(=O)O)CCS1. The van der Waals surface area contributed by atoms with E-state index in [9.17, 15) is 14.4 Å². The van der Waals surface area contributed by atoms with Gasteiger partial charge in [-0.1, -0.05) is 13.8 Å². The molecule has 0 aromatic heterocycles. The molecular formula is C13H23N3O4S. The fraction of sp³-hybridized carbons (Fsp3) is 0.769. The molecule has 0 unspecified atom stereocenters. The number of carboxylic acid groups (broad SMARTS) is 1. The minimum Gasteiger partial charge on any atom is -0.480 e. The second-order valence-electron chi connectivity index (χ2n) is 5.69. The van der Waals surface area contributed by atoms with Crippen molar-refractivity contribution in [3.8, 4) is 0 Å². The van der Waals surface area contributed by atoms with E-state index < -0.39 is 23.9 Å². The van der Waals surface area contributed by atoms with Crippen LogP contribution in [0.1, 0.15) is 33.1 Å². The third kappa shape index (κ3) is 6.24. The van der Waals surface area contributed by atoms with Gasteiger partial charge in [0.2, 0.25) is 5.91 Å². The summed E-state index contributed by atoms with van der Waals surface area (Å²) in [6.07, 6.45) is 0.786. The molecule has 1 heterocycles. The number of nitrogens with one attached hydrogen (secondary N) is 1. The largest absolute Gasteiger partial charge is 0.480 e. The summed E-state index contributed by atoms with van der Waals surface area (Å²) >= 11 is 1.80. The average Bonchev–Trinajstić information content (AvgIpc) is 2.54. The predicted molar refractivity (Wildman–Crippen MR) is 81.1 cm³/mol. The van der Waals surface area contributed by atoms with Gasteiger partial charge in [0, 0.05) is 30.0 Å². The summed E-state index contributed by atoms with van der Waals surface area (Å²) in [6, 6.07) is -1.49. The molecule has 7 nitrogen and oxygen atoms in total. The zero-order valence-electron chi connectivity index (χ0n) is 12.4. The highest BCUT2D eigenvalue weighted by Crippen LogP contribution is 2.30. The zero-order valence-corrected chi connectivity index (χ0v) is 13.2. The van der Waals surface area contributed by atoms with Crippen LogP contribution >= 0.6 is 11.8 Å². The fourth-order valence-corrected chi connectivity index (χ4v) is 3.11. The average molecular weight is 317 g/mol. The maximum Gasteiger partial charge on any atom is 0.326 e. The quantitative estimate of drug-likeness (QED) is 0.688. The van der Waals surface area contributed by atoms with Crippen molar-refractivity contribution in [2.45, 2.75) is 43.9 Å². The summed E-state index contributed by atoms with van der Waals surface area (Å²) in [5, 5.41) is 11.5. The Labute approximate surface area is 128 Å². The van der Waals surface area contributed by atoms with Gasteiger partial charge in [-0.05, 0) is 12.8 Å². The third-order valence-corrected chi connectivity index (χ3v) is 4.77. The van der Waals surface area contributed by atoms with E-state index in [1.165, 1.54) is 0 Å². The summed E-state index contributed by atoms with van der Waals surface area (Å²) in [4.78, 5) is 35.6. The van der Waals surface area contributed by atoms with Crippen LogP contribution in [0.4, 0.5) is 4.79 Å². The highest BCUT2D eigenvalue weighted by atomic mass is 32.2. The molecule has 0 aliphatic carbocycles. The molecule has 0 spiro atoms. The van der Waals surface area contributed by atoms with Crippen LogP contribution in [0.15, 0.2) is 0 Å². The van der Waals surface area contributed by atoms with Crippen molar-refractivity contribution >= 4 is 29.7 Å². The second-order valence-corrected chi connectivity index (χ2v) is 7.49. The molecule has 1 rings (SSSR count). The maximum absolute atomic E-state index is 12.1. The fourth-order valence-electron chi connectivity index (χ4n) is 2.01. The number of carboxylic acids is 1. The first kappa shape index (κ1) is 17.6. The third-order valence-electron chi connectivity index (χ3n) is 3.40. The van der Waals surface area contributed by atoms with Crippen LogP contribution in [0, 0.1) is 0 Å². The van der Waals surface area contributed by atoms with E-state index in [1.54, 1.807) is 16.7 Å². The number of urea groups is 1. The molecule has 3 amide bonds. The molecule has 1 saturated heterocycles. The van der Waals surface area contributed by atoms with Crippen LogP contribution in [0.2, 0.25) is 0 Å². The van der Waals surface area contributed by atoms with Gasteiger partial charge in [-0.15, -0.1) is 0 Å². The molecule has 0 aromatic rings. The number of rotatable bonds is 5. The molecule has 4 N–H and O–H groups in total. The van der Waals surface area contributed by atoms with Crippen LogP contribution in [0.3, 0.4) is 0 Å². The number of thioether (sulfide) groups is 1. The standard InChI is InChI=1S/C13H23N3O4S/c1-13(2)5-6-16(7-8-21-13)12(20)15-9(11(18)19)3-4-10(14)17/h9H,3-8H2,1-2H3,(H2,14,17)(H,15,20)(H,18,19)/t9-/m0/s1. The predicted octanol–water partition coefficient (Wildman–Crippen LogP) is 0.632. The number of hydrogen-bond donors (Lipinski definition) is 3. The van der Waals surface area contributed by atoms with E-state index >= 15 is 0 Å². The van der Waals surface area contributed by atoms with E-state index in [2.05, 4.69) is 19.2 Å². The van der Waals surface area contributed by atoms with E-state index in [1.807, 2.05) is 0 Å². The van der Waals surface area contributed by atoms with Crippen molar-refractivity contribution in [3.05, 3.63) is 0 Å². The van der Waals surface area contributed by atoms with E-state index in [0.29, 0.717) is 13.1 Å². The summed E-state index contributed by atoms with van der Waals surface area (Å²) in [5.74, 6) is -0.919. The van der Waals surface area contributed by atoms with Crippen molar-refractivity contribution in [2.24, 2.45) is 5.73 Å². The van der Waals surface area contributed by atoms with Crippen LogP contribution in [-0.4, -0.2) is 57.5 Å². The molecule has 1 aliphatic heterocycles. The number of hydrogen-bond acceptors (Lipinski definition) is 4. The van der Waals surface area contributed by atoms with E-state index in [0.717, 1.165) is 12.2 Å². The summed E-state index contributed by atoms with van der Waals surface area (Å²) < 4.78 is 0.118. The van der Waals surface area contributed by atoms with Crippen molar-refractivity contribution in [1.29, 1.82) is 0 Å². The molecule has 21 heavy (non-hydrogen) atoms. The second kappa shape index (κ2) is 7.53. The minimum atomic E-state index is -1.16. The number of primary amides is 1. The first-order valence-corrected chi connectivity index (χ1v) is 7.90. The Hall–Kier alpha value is -1.44. The lowest BCUT2D eigenvalue weighted by Crippen LogP contribution is -2.49. The van der Waals surface area contributed by atoms with Crippen LogP contribution in [-0.2, 0) is 9.59 Å². The lowest BCUT2D eigenvalue weighted by Gasteiger charge is -2.24. The molecule has 1 fully saturated rings. The molecule has 0 bridgehead atoms. The van der Waals surface area contributed by atoms with Gasteiger partial charge in [-0.2, -0.15) is 11.8 Å². The molecule has 1 aliphatic rings. The van der Waals surface area contributed by atoms with Gasteiger partial charge in [-0.25, -0.2) is 9.59 Å². The Kier molecular flexibility index (Phi) is 6.32. The lowest BCUT2D eigenvalue weighted by molar-refractivity contribution is -0.139. The van der Waals surface area contributed by atoms with Gasteiger partial charge in [0.05, 0.1) is 0 Å². The number of nitrogens with two attached hydrogens (primary N) is 1. The van der Waals surface area contributed by atoms with Crippen LogP contribution < -0.4 is 11.1 Å². The molecule has 0 saturated carbocycles. The van der Waals surface area contributed by atoms with Crippen molar-refractivity contribution in [1.82, 2.24) is 10.2 Å². The monoisotopic (exact) mass is 317 g/mol. The Bertz CT molecular complexity index is 414.